The predicted octanol–water partition coefficient (Wildman–Crippen LogP) is 4.46. The van der Waals surface area contributed by atoms with E-state index in [-0.39, 0.29) is 11.4 Å². The normalized spacial score (nSPS) is 12.0. The third-order valence-electron chi connectivity index (χ3n) is 5.13. The second-order valence-corrected chi connectivity index (χ2v) is 9.68. The Balaban J connectivity index is 1.70. The molecule has 3 aromatic carbocycles. The summed E-state index contributed by atoms with van der Waals surface area (Å²) in [6.07, 6.45) is -4.44. The van der Waals surface area contributed by atoms with Crippen molar-refractivity contribution in [1.29, 1.82) is 0 Å². The lowest BCUT2D eigenvalue weighted by Gasteiger charge is -2.17. The molecule has 0 heterocycles. The van der Waals surface area contributed by atoms with Crippen LogP contribution >= 0.6 is 0 Å². The summed E-state index contributed by atoms with van der Waals surface area (Å²) in [6, 6.07) is 13.9. The van der Waals surface area contributed by atoms with Crippen LogP contribution in [0.2, 0.25) is 0 Å². The number of halogens is 4. The Morgan fingerprint density at radius 2 is 1.60 bits per heavy atom. The van der Waals surface area contributed by atoms with Crippen molar-refractivity contribution >= 4 is 15.9 Å². The number of amides is 1. The minimum atomic E-state index is -4.44. The number of nitrogens with zero attached hydrogens (tertiary/aromatic N) is 1. The fourth-order valence-electron chi connectivity index (χ4n) is 3.23. The minimum Gasteiger partial charge on any atom is -0.497 e. The lowest BCUT2D eigenvalue weighted by molar-refractivity contribution is -0.137. The monoisotopic (exact) mass is 510 g/mol. The zero-order valence-corrected chi connectivity index (χ0v) is 19.6. The van der Waals surface area contributed by atoms with Gasteiger partial charge in [-0.1, -0.05) is 12.1 Å². The average molecular weight is 511 g/mol. The molecule has 0 saturated heterocycles. The highest BCUT2D eigenvalue weighted by Crippen LogP contribution is 2.32. The second-order valence-electron chi connectivity index (χ2n) is 7.64. The Morgan fingerprint density at radius 1 is 0.971 bits per heavy atom. The second kappa shape index (κ2) is 10.4. The van der Waals surface area contributed by atoms with Gasteiger partial charge in [0.15, 0.2) is 0 Å². The summed E-state index contributed by atoms with van der Waals surface area (Å²) in [5.74, 6) is -0.738. The van der Waals surface area contributed by atoms with Gasteiger partial charge in [0.05, 0.1) is 24.1 Å². The van der Waals surface area contributed by atoms with Gasteiger partial charge in [-0.15, -0.1) is 0 Å². The van der Waals surface area contributed by atoms with E-state index in [0.717, 1.165) is 40.7 Å². The SMILES string of the molecule is COc1cc(CNC(=O)CN(C)S(=O)(=O)c2ccc(F)cc2)cc(-c2ccc(C(F)(F)F)cc2)c1. The summed E-state index contributed by atoms with van der Waals surface area (Å²) < 4.78 is 82.8. The van der Waals surface area contributed by atoms with E-state index in [9.17, 15) is 30.8 Å². The largest absolute Gasteiger partial charge is 0.497 e. The molecule has 0 aliphatic carbocycles. The fourth-order valence-corrected chi connectivity index (χ4v) is 4.36. The molecule has 0 spiro atoms. The van der Waals surface area contributed by atoms with Crippen molar-refractivity contribution in [3.8, 4) is 16.9 Å². The van der Waals surface area contributed by atoms with Crippen LogP contribution in [0.3, 0.4) is 0 Å². The molecular weight excluding hydrogens is 488 g/mol. The van der Waals surface area contributed by atoms with Crippen molar-refractivity contribution in [2.45, 2.75) is 17.6 Å². The molecule has 0 fully saturated rings. The Labute approximate surface area is 200 Å². The Morgan fingerprint density at radius 3 is 2.17 bits per heavy atom. The van der Waals surface area contributed by atoms with Crippen LogP contribution in [-0.2, 0) is 27.5 Å². The standard InChI is InChI=1S/C24H22F4N2O4S/c1-30(35(32,33)22-9-7-20(25)8-10-22)15-23(31)29-14-16-11-18(13-21(12-16)34-2)17-3-5-19(6-4-17)24(26,27)28/h3-13H,14-15H2,1-2H3,(H,29,31). The van der Waals surface area contributed by atoms with Crippen molar-refractivity contribution in [2.24, 2.45) is 0 Å². The quantitative estimate of drug-likeness (QED) is 0.454. The van der Waals surface area contributed by atoms with Crippen LogP contribution in [0.25, 0.3) is 11.1 Å². The lowest BCUT2D eigenvalue weighted by Crippen LogP contribution is -2.38. The number of carbonyl (C=O) groups is 1. The Bertz CT molecular complexity index is 1290. The van der Waals surface area contributed by atoms with Crippen LogP contribution < -0.4 is 10.1 Å². The summed E-state index contributed by atoms with van der Waals surface area (Å²) in [5.41, 5.74) is 0.931. The molecule has 11 heteroatoms. The molecule has 186 valence electrons. The smallest absolute Gasteiger partial charge is 0.416 e. The molecule has 0 bridgehead atoms. The highest BCUT2D eigenvalue weighted by molar-refractivity contribution is 7.89. The molecule has 0 saturated carbocycles. The fraction of sp³-hybridized carbons (Fsp3) is 0.208. The van der Waals surface area contributed by atoms with Crippen molar-refractivity contribution in [3.05, 3.63) is 83.7 Å². The van der Waals surface area contributed by atoms with Crippen LogP contribution in [0.15, 0.2) is 71.6 Å². The van der Waals surface area contributed by atoms with Gasteiger partial charge >= 0.3 is 6.18 Å². The number of methoxy groups -OCH3 is 1. The number of benzene rings is 3. The molecule has 1 N–H and O–H groups in total. The predicted molar refractivity (Wildman–Crippen MR) is 121 cm³/mol. The molecule has 6 nitrogen and oxygen atoms in total. The number of sulfonamides is 1. The zero-order chi connectivity index (χ0) is 25.8. The molecular formula is C24H22F4N2O4S. The van der Waals surface area contributed by atoms with Crippen molar-refractivity contribution in [3.63, 3.8) is 0 Å². The highest BCUT2D eigenvalue weighted by Gasteiger charge is 2.30. The summed E-state index contributed by atoms with van der Waals surface area (Å²) in [5, 5.41) is 2.61. The van der Waals surface area contributed by atoms with Gasteiger partial charge in [0, 0.05) is 13.6 Å². The first-order valence-corrected chi connectivity index (χ1v) is 11.7. The van der Waals surface area contributed by atoms with Crippen molar-refractivity contribution in [1.82, 2.24) is 9.62 Å². The van der Waals surface area contributed by atoms with Crippen molar-refractivity contribution in [2.75, 3.05) is 20.7 Å². The van der Waals surface area contributed by atoms with Crippen LogP contribution in [0, 0.1) is 5.82 Å². The summed E-state index contributed by atoms with van der Waals surface area (Å²) in [7, 11) is -1.33. The van der Waals surface area contributed by atoms with Gasteiger partial charge in [0.2, 0.25) is 15.9 Å². The number of hydrogen-bond donors (Lipinski definition) is 1. The zero-order valence-electron chi connectivity index (χ0n) is 18.8. The Hall–Kier alpha value is -3.44. The van der Waals surface area contributed by atoms with Gasteiger partial charge in [-0.05, 0) is 71.3 Å². The van der Waals surface area contributed by atoms with E-state index in [4.69, 9.17) is 4.74 Å². The first-order chi connectivity index (χ1) is 16.4. The van der Waals surface area contributed by atoms with Crippen LogP contribution in [0.5, 0.6) is 5.75 Å². The molecule has 0 aliphatic rings. The van der Waals surface area contributed by atoms with Gasteiger partial charge in [-0.25, -0.2) is 12.8 Å². The highest BCUT2D eigenvalue weighted by atomic mass is 32.2. The first kappa shape index (κ1) is 26.2. The van der Waals surface area contributed by atoms with E-state index in [0.29, 0.717) is 22.4 Å². The number of rotatable bonds is 8. The summed E-state index contributed by atoms with van der Waals surface area (Å²) in [4.78, 5) is 12.2. The first-order valence-electron chi connectivity index (χ1n) is 10.2. The third kappa shape index (κ3) is 6.58. The van der Waals surface area contributed by atoms with E-state index in [1.54, 1.807) is 18.2 Å². The number of alkyl halides is 3. The summed E-state index contributed by atoms with van der Waals surface area (Å²) in [6.45, 7) is -0.455. The van der Waals surface area contributed by atoms with E-state index in [2.05, 4.69) is 5.32 Å². The van der Waals surface area contributed by atoms with Crippen LogP contribution in [0.1, 0.15) is 11.1 Å². The summed E-state index contributed by atoms with van der Waals surface area (Å²) >= 11 is 0. The molecule has 0 aromatic heterocycles. The van der Waals surface area contributed by atoms with E-state index >= 15 is 0 Å². The third-order valence-corrected chi connectivity index (χ3v) is 6.94. The van der Waals surface area contributed by atoms with Gasteiger partial charge in [-0.2, -0.15) is 17.5 Å². The van der Waals surface area contributed by atoms with Crippen LogP contribution in [0.4, 0.5) is 17.6 Å². The van der Waals surface area contributed by atoms with E-state index in [1.165, 1.54) is 26.3 Å². The van der Waals surface area contributed by atoms with Gasteiger partial charge in [0.25, 0.3) is 0 Å². The van der Waals surface area contributed by atoms with E-state index < -0.39 is 40.0 Å². The van der Waals surface area contributed by atoms with Crippen molar-refractivity contribution < 1.29 is 35.5 Å². The number of likely N-dealkylation sites (N-methyl/N-ethyl adjacent to an activating group) is 1. The molecule has 3 rings (SSSR count). The average Bonchev–Trinajstić information content (AvgIpc) is 2.82. The molecule has 1 amide bonds. The number of hydrogen-bond acceptors (Lipinski definition) is 4. The van der Waals surface area contributed by atoms with E-state index in [1.807, 2.05) is 0 Å². The molecule has 0 atom stereocenters. The lowest BCUT2D eigenvalue weighted by atomic mass is 10.0. The number of ether oxygens (including phenoxy) is 1. The molecule has 3 aromatic rings. The number of nitrogens with one attached hydrogen (secondary N) is 1. The molecule has 35 heavy (non-hydrogen) atoms. The minimum absolute atomic E-state index is 0.0219. The maximum atomic E-state index is 13.1. The molecule has 0 radical (unpaired) electrons. The van der Waals surface area contributed by atoms with Crippen LogP contribution in [-0.4, -0.2) is 39.3 Å². The molecule has 0 aliphatic heterocycles. The number of carbonyl (C=O) groups excluding carboxylic acids is 1. The van der Waals surface area contributed by atoms with Gasteiger partial charge in [0.1, 0.15) is 11.6 Å². The van der Waals surface area contributed by atoms with Gasteiger partial charge in [-0.3, -0.25) is 4.79 Å². The Kier molecular flexibility index (Phi) is 7.81. The maximum Gasteiger partial charge on any atom is 0.416 e. The topological polar surface area (TPSA) is 75.7 Å². The van der Waals surface area contributed by atoms with Gasteiger partial charge < -0.3 is 10.1 Å². The molecule has 0 unspecified atom stereocenters. The maximum absolute atomic E-state index is 13.1.